The van der Waals surface area contributed by atoms with Crippen molar-refractivity contribution in [3.05, 3.63) is 0 Å². The number of nitrogens with one attached hydrogen (secondary N) is 1. The van der Waals surface area contributed by atoms with Gasteiger partial charge in [0.1, 0.15) is 6.61 Å². The van der Waals surface area contributed by atoms with Crippen molar-refractivity contribution >= 4 is 5.91 Å². The first-order valence-electron chi connectivity index (χ1n) is 6.01. The van der Waals surface area contributed by atoms with Crippen LogP contribution < -0.4 is 5.32 Å². The number of amides is 1. The normalized spacial score (nSPS) is 12.6. The summed E-state index contributed by atoms with van der Waals surface area (Å²) < 4.78 is 5.38. The zero-order valence-electron chi connectivity index (χ0n) is 11.6. The number of hydrogen-bond donors (Lipinski definition) is 1. The Kier molecular flexibility index (Phi) is 6.01. The number of hydrogen-bond acceptors (Lipinski definition) is 2. The molecule has 0 atom stereocenters. The fourth-order valence-corrected chi connectivity index (χ4v) is 1.18. The largest absolute Gasteiger partial charge is 0.366 e. The highest BCUT2D eigenvalue weighted by atomic mass is 16.5. The van der Waals surface area contributed by atoms with Gasteiger partial charge in [-0.15, -0.1) is 0 Å². The summed E-state index contributed by atoms with van der Waals surface area (Å²) in [6.45, 7) is 13.3. The predicted octanol–water partition coefficient (Wildman–Crippen LogP) is 2.74. The van der Waals surface area contributed by atoms with Gasteiger partial charge in [0, 0.05) is 6.54 Å². The molecule has 96 valence electrons. The van der Waals surface area contributed by atoms with Crippen LogP contribution in [0.2, 0.25) is 0 Å². The fraction of sp³-hybridized carbons (Fsp3) is 0.923. The predicted molar refractivity (Wildman–Crippen MR) is 67.4 cm³/mol. The molecule has 0 unspecified atom stereocenters. The van der Waals surface area contributed by atoms with E-state index in [0.29, 0.717) is 5.41 Å². The van der Waals surface area contributed by atoms with Crippen molar-refractivity contribution in [1.29, 1.82) is 0 Å². The lowest BCUT2D eigenvalue weighted by molar-refractivity contribution is -0.130. The van der Waals surface area contributed by atoms with Crippen molar-refractivity contribution in [2.24, 2.45) is 5.41 Å². The monoisotopic (exact) mass is 229 g/mol. The zero-order chi connectivity index (χ0) is 12.8. The SMILES string of the molecule is CC(C)(C)CCCNC(=O)COC(C)(C)C. The molecule has 0 aliphatic heterocycles. The fourth-order valence-electron chi connectivity index (χ4n) is 1.18. The van der Waals surface area contributed by atoms with E-state index < -0.39 is 0 Å². The lowest BCUT2D eigenvalue weighted by Gasteiger charge is -2.20. The molecule has 0 bridgehead atoms. The Bertz CT molecular complexity index is 211. The Morgan fingerprint density at radius 1 is 1.12 bits per heavy atom. The Morgan fingerprint density at radius 3 is 2.12 bits per heavy atom. The summed E-state index contributed by atoms with van der Waals surface area (Å²) in [6.07, 6.45) is 2.14. The molecule has 0 saturated carbocycles. The molecule has 16 heavy (non-hydrogen) atoms. The van der Waals surface area contributed by atoms with Gasteiger partial charge >= 0.3 is 0 Å². The highest BCUT2D eigenvalue weighted by Crippen LogP contribution is 2.19. The molecular weight excluding hydrogens is 202 g/mol. The van der Waals surface area contributed by atoms with Crippen LogP contribution in [0.15, 0.2) is 0 Å². The quantitative estimate of drug-likeness (QED) is 0.736. The Hall–Kier alpha value is -0.570. The van der Waals surface area contributed by atoms with Gasteiger partial charge in [0.05, 0.1) is 5.60 Å². The van der Waals surface area contributed by atoms with Gasteiger partial charge in [-0.3, -0.25) is 4.79 Å². The summed E-state index contributed by atoms with van der Waals surface area (Å²) in [6, 6.07) is 0. The van der Waals surface area contributed by atoms with E-state index in [9.17, 15) is 4.79 Å². The third kappa shape index (κ3) is 11.5. The summed E-state index contributed by atoms with van der Waals surface area (Å²) in [4.78, 5) is 11.4. The second kappa shape index (κ2) is 6.24. The Morgan fingerprint density at radius 2 is 1.69 bits per heavy atom. The molecular formula is C13H27NO2. The van der Waals surface area contributed by atoms with Gasteiger partial charge in [0.2, 0.25) is 5.91 Å². The van der Waals surface area contributed by atoms with Crippen LogP contribution in [-0.4, -0.2) is 24.7 Å². The van der Waals surface area contributed by atoms with Crippen molar-refractivity contribution in [2.45, 2.75) is 60.0 Å². The minimum absolute atomic E-state index is 0.0242. The van der Waals surface area contributed by atoms with E-state index in [0.717, 1.165) is 19.4 Å². The summed E-state index contributed by atoms with van der Waals surface area (Å²) in [5.41, 5.74) is 0.0926. The first-order chi connectivity index (χ1) is 7.10. The minimum atomic E-state index is -0.247. The first kappa shape index (κ1) is 15.4. The van der Waals surface area contributed by atoms with Gasteiger partial charge in [0.25, 0.3) is 0 Å². The third-order valence-electron chi connectivity index (χ3n) is 2.06. The van der Waals surface area contributed by atoms with Gasteiger partial charge in [0.15, 0.2) is 0 Å². The summed E-state index contributed by atoms with van der Waals surface area (Å²) >= 11 is 0. The molecule has 0 fully saturated rings. The maximum absolute atomic E-state index is 11.4. The van der Waals surface area contributed by atoms with Gasteiger partial charge in [-0.2, -0.15) is 0 Å². The molecule has 3 nitrogen and oxygen atoms in total. The zero-order valence-corrected chi connectivity index (χ0v) is 11.6. The smallest absolute Gasteiger partial charge is 0.246 e. The van der Waals surface area contributed by atoms with Crippen LogP contribution in [0.3, 0.4) is 0 Å². The van der Waals surface area contributed by atoms with Crippen LogP contribution in [0.25, 0.3) is 0 Å². The second-order valence-corrected chi connectivity index (χ2v) is 6.42. The molecule has 0 aromatic carbocycles. The lowest BCUT2D eigenvalue weighted by Crippen LogP contribution is -2.32. The van der Waals surface area contributed by atoms with Crippen molar-refractivity contribution in [1.82, 2.24) is 5.32 Å². The van der Waals surface area contributed by atoms with Crippen molar-refractivity contribution in [3.8, 4) is 0 Å². The Labute approximate surface area is 99.9 Å². The standard InChI is InChI=1S/C13H27NO2/c1-12(2,3)8-7-9-14-11(15)10-16-13(4,5)6/h7-10H2,1-6H3,(H,14,15). The molecule has 0 rings (SSSR count). The van der Waals surface area contributed by atoms with Gasteiger partial charge in [-0.05, 0) is 39.0 Å². The third-order valence-corrected chi connectivity index (χ3v) is 2.06. The number of rotatable bonds is 5. The van der Waals surface area contributed by atoms with Gasteiger partial charge < -0.3 is 10.1 Å². The van der Waals surface area contributed by atoms with Crippen LogP contribution in [-0.2, 0) is 9.53 Å². The average molecular weight is 229 g/mol. The lowest BCUT2D eigenvalue weighted by atomic mass is 9.91. The molecule has 0 heterocycles. The van der Waals surface area contributed by atoms with Crippen LogP contribution in [0, 0.1) is 5.41 Å². The molecule has 0 saturated heterocycles. The maximum Gasteiger partial charge on any atom is 0.246 e. The van der Waals surface area contributed by atoms with Crippen LogP contribution in [0.1, 0.15) is 54.4 Å². The van der Waals surface area contributed by atoms with E-state index in [1.165, 1.54) is 0 Å². The number of carbonyl (C=O) groups excluding carboxylic acids is 1. The molecule has 3 heteroatoms. The van der Waals surface area contributed by atoms with Crippen molar-refractivity contribution < 1.29 is 9.53 Å². The Balaban J connectivity index is 3.52. The van der Waals surface area contributed by atoms with E-state index in [2.05, 4.69) is 26.1 Å². The van der Waals surface area contributed by atoms with Crippen molar-refractivity contribution in [2.75, 3.05) is 13.2 Å². The average Bonchev–Trinajstić information content (AvgIpc) is 2.06. The first-order valence-corrected chi connectivity index (χ1v) is 6.01. The topological polar surface area (TPSA) is 38.3 Å². The molecule has 0 aliphatic carbocycles. The molecule has 0 aromatic rings. The molecule has 0 aromatic heterocycles. The van der Waals surface area contributed by atoms with Gasteiger partial charge in [-0.25, -0.2) is 0 Å². The van der Waals surface area contributed by atoms with Crippen LogP contribution in [0.4, 0.5) is 0 Å². The van der Waals surface area contributed by atoms with Crippen LogP contribution in [0.5, 0.6) is 0 Å². The molecule has 0 spiro atoms. The van der Waals surface area contributed by atoms with E-state index in [1.54, 1.807) is 0 Å². The van der Waals surface area contributed by atoms with E-state index in [4.69, 9.17) is 4.74 Å². The highest BCUT2D eigenvalue weighted by molar-refractivity contribution is 5.77. The number of carbonyl (C=O) groups is 1. The summed E-state index contributed by atoms with van der Waals surface area (Å²) in [5.74, 6) is -0.0242. The van der Waals surface area contributed by atoms with E-state index in [-0.39, 0.29) is 18.1 Å². The molecule has 0 aliphatic rings. The van der Waals surface area contributed by atoms with Crippen LogP contribution >= 0.6 is 0 Å². The molecule has 0 radical (unpaired) electrons. The molecule has 1 amide bonds. The second-order valence-electron chi connectivity index (χ2n) is 6.42. The summed E-state index contributed by atoms with van der Waals surface area (Å²) in [7, 11) is 0. The highest BCUT2D eigenvalue weighted by Gasteiger charge is 2.13. The van der Waals surface area contributed by atoms with Crippen molar-refractivity contribution in [3.63, 3.8) is 0 Å². The minimum Gasteiger partial charge on any atom is -0.366 e. The number of ether oxygens (including phenoxy) is 1. The summed E-state index contributed by atoms with van der Waals surface area (Å²) in [5, 5.41) is 2.86. The molecule has 1 N–H and O–H groups in total. The van der Waals surface area contributed by atoms with E-state index in [1.807, 2.05) is 20.8 Å². The van der Waals surface area contributed by atoms with Gasteiger partial charge in [-0.1, -0.05) is 20.8 Å². The maximum atomic E-state index is 11.4. The van der Waals surface area contributed by atoms with E-state index >= 15 is 0 Å².